The van der Waals surface area contributed by atoms with E-state index in [2.05, 4.69) is 4.98 Å². The van der Waals surface area contributed by atoms with Crippen molar-refractivity contribution in [2.45, 2.75) is 16.8 Å². The van der Waals surface area contributed by atoms with Crippen molar-refractivity contribution in [1.82, 2.24) is 4.98 Å². The minimum Gasteiger partial charge on any atom is -0.401 e. The van der Waals surface area contributed by atoms with E-state index in [1.54, 1.807) is 0 Å². The largest absolute Gasteiger partial charge is 0.401 e. The van der Waals surface area contributed by atoms with Gasteiger partial charge in [-0.3, -0.25) is 14.9 Å². The van der Waals surface area contributed by atoms with E-state index in [4.69, 9.17) is 4.74 Å². The molecule has 0 unspecified atom stereocenters. The van der Waals surface area contributed by atoms with Crippen molar-refractivity contribution in [2.24, 2.45) is 0 Å². The summed E-state index contributed by atoms with van der Waals surface area (Å²) in [5, 5.41) is 11.4. The first-order valence-corrected chi connectivity index (χ1v) is 6.44. The van der Waals surface area contributed by atoms with Crippen LogP contribution in [0.5, 0.6) is 5.88 Å². The Labute approximate surface area is 118 Å². The maximum Gasteiger partial charge on any atom is 0.331 e. The number of aromatic nitrogens is 1. The molecule has 2 aromatic rings. The predicted molar refractivity (Wildman–Crippen MR) is 72.8 cm³/mol. The van der Waals surface area contributed by atoms with E-state index in [0.717, 1.165) is 4.90 Å². The Kier molecular flexibility index (Phi) is 4.31. The summed E-state index contributed by atoms with van der Waals surface area (Å²) < 4.78 is 4.78. The molecule has 0 atom stereocenters. The Balaban J connectivity index is 2.31. The number of rotatable bonds is 4. The van der Waals surface area contributed by atoms with Gasteiger partial charge >= 0.3 is 17.5 Å². The Morgan fingerprint density at radius 3 is 2.55 bits per heavy atom. The molecule has 1 aromatic heterocycles. The molecule has 0 saturated carbocycles. The van der Waals surface area contributed by atoms with Gasteiger partial charge in [0.2, 0.25) is 0 Å². The molecule has 0 N–H and O–H groups in total. The van der Waals surface area contributed by atoms with Crippen molar-refractivity contribution in [2.75, 3.05) is 0 Å². The maximum atomic E-state index is 11.0. The van der Waals surface area contributed by atoms with Gasteiger partial charge in [-0.15, -0.1) is 0 Å². The molecule has 0 radical (unpaired) electrons. The molecule has 0 bridgehead atoms. The van der Waals surface area contributed by atoms with E-state index < -0.39 is 10.9 Å². The van der Waals surface area contributed by atoms with Crippen LogP contribution in [0, 0.1) is 10.1 Å². The van der Waals surface area contributed by atoms with Crippen molar-refractivity contribution >= 4 is 23.4 Å². The topological polar surface area (TPSA) is 82.3 Å². The Morgan fingerprint density at radius 1 is 1.25 bits per heavy atom. The molecule has 0 aliphatic carbocycles. The quantitative estimate of drug-likeness (QED) is 0.489. The van der Waals surface area contributed by atoms with Crippen LogP contribution < -0.4 is 4.74 Å². The zero-order valence-electron chi connectivity index (χ0n) is 10.5. The van der Waals surface area contributed by atoms with Crippen LogP contribution in [-0.2, 0) is 4.79 Å². The highest BCUT2D eigenvalue weighted by molar-refractivity contribution is 7.99. The van der Waals surface area contributed by atoms with Gasteiger partial charge in [0.15, 0.2) is 0 Å². The number of hydrogen-bond acceptors (Lipinski definition) is 6. The third-order valence-electron chi connectivity index (χ3n) is 2.22. The molecular formula is C13H10N2O4S. The summed E-state index contributed by atoms with van der Waals surface area (Å²) in [5.41, 5.74) is -0.336. The number of pyridine rings is 1. The standard InChI is InChI=1S/C13H10N2O4S/c1-9(16)19-13-11(15(17)18)7-8-12(14-13)20-10-5-3-2-4-6-10/h2-8H,1H3. The lowest BCUT2D eigenvalue weighted by atomic mass is 10.4. The normalized spacial score (nSPS) is 10.1. The van der Waals surface area contributed by atoms with Gasteiger partial charge in [0, 0.05) is 17.9 Å². The van der Waals surface area contributed by atoms with E-state index in [1.165, 1.54) is 30.8 Å². The molecule has 6 nitrogen and oxygen atoms in total. The summed E-state index contributed by atoms with van der Waals surface area (Å²) >= 11 is 1.32. The van der Waals surface area contributed by atoms with Gasteiger partial charge in [0.05, 0.1) is 4.92 Å². The number of nitro groups is 1. The summed E-state index contributed by atoms with van der Waals surface area (Å²) in [7, 11) is 0. The molecular weight excluding hydrogens is 280 g/mol. The average molecular weight is 290 g/mol. The summed E-state index contributed by atoms with van der Waals surface area (Å²) in [6, 6.07) is 12.2. The number of ether oxygens (including phenoxy) is 1. The molecule has 0 aliphatic rings. The van der Waals surface area contributed by atoms with Crippen LogP contribution in [0.3, 0.4) is 0 Å². The van der Waals surface area contributed by atoms with Gasteiger partial charge in [0.25, 0.3) is 0 Å². The monoisotopic (exact) mass is 290 g/mol. The zero-order valence-corrected chi connectivity index (χ0v) is 11.3. The molecule has 0 spiro atoms. The van der Waals surface area contributed by atoms with Gasteiger partial charge < -0.3 is 4.74 Å². The Hall–Kier alpha value is -2.41. The number of carbonyl (C=O) groups is 1. The Bertz CT molecular complexity index is 646. The molecule has 20 heavy (non-hydrogen) atoms. The SMILES string of the molecule is CC(=O)Oc1nc(Sc2ccccc2)ccc1[N+](=O)[O-]. The van der Waals surface area contributed by atoms with Crippen LogP contribution >= 0.6 is 11.8 Å². The highest BCUT2D eigenvalue weighted by Crippen LogP contribution is 2.31. The average Bonchev–Trinajstić information content (AvgIpc) is 2.39. The van der Waals surface area contributed by atoms with Gasteiger partial charge in [-0.1, -0.05) is 30.0 Å². The first-order valence-electron chi connectivity index (χ1n) is 5.63. The molecule has 1 heterocycles. The number of hydrogen-bond donors (Lipinski definition) is 0. The highest BCUT2D eigenvalue weighted by atomic mass is 32.2. The molecule has 2 rings (SSSR count). The zero-order chi connectivity index (χ0) is 14.5. The highest BCUT2D eigenvalue weighted by Gasteiger charge is 2.19. The van der Waals surface area contributed by atoms with Crippen molar-refractivity contribution < 1.29 is 14.5 Å². The number of carbonyl (C=O) groups excluding carboxylic acids is 1. The third-order valence-corrected chi connectivity index (χ3v) is 3.16. The summed E-state index contributed by atoms with van der Waals surface area (Å²) in [4.78, 5) is 26.1. The van der Waals surface area contributed by atoms with Gasteiger partial charge in [-0.05, 0) is 18.2 Å². The molecule has 102 valence electrons. The smallest absolute Gasteiger partial charge is 0.331 e. The fourth-order valence-corrected chi connectivity index (χ4v) is 2.23. The molecule has 7 heteroatoms. The van der Waals surface area contributed by atoms with E-state index in [9.17, 15) is 14.9 Å². The second kappa shape index (κ2) is 6.16. The fourth-order valence-electron chi connectivity index (χ4n) is 1.43. The number of esters is 1. The lowest BCUT2D eigenvalue weighted by molar-refractivity contribution is -0.386. The van der Waals surface area contributed by atoms with Crippen molar-refractivity contribution in [3.05, 3.63) is 52.6 Å². The van der Waals surface area contributed by atoms with E-state index in [1.807, 2.05) is 30.3 Å². The minimum atomic E-state index is -0.650. The van der Waals surface area contributed by atoms with Crippen LogP contribution in [0.25, 0.3) is 0 Å². The van der Waals surface area contributed by atoms with Crippen LogP contribution in [0.1, 0.15) is 6.92 Å². The van der Waals surface area contributed by atoms with Crippen molar-refractivity contribution in [3.63, 3.8) is 0 Å². The first kappa shape index (κ1) is 14.0. The maximum absolute atomic E-state index is 11.0. The molecule has 1 aromatic carbocycles. The summed E-state index contributed by atoms with van der Waals surface area (Å²) in [6.07, 6.45) is 0. The van der Waals surface area contributed by atoms with Gasteiger partial charge in [-0.2, -0.15) is 0 Å². The third kappa shape index (κ3) is 3.55. The predicted octanol–water partition coefficient (Wildman–Crippen LogP) is 3.07. The van der Waals surface area contributed by atoms with Crippen LogP contribution in [0.4, 0.5) is 5.69 Å². The second-order valence-corrected chi connectivity index (χ2v) is 4.83. The van der Waals surface area contributed by atoms with Crippen molar-refractivity contribution in [1.29, 1.82) is 0 Å². The fraction of sp³-hybridized carbons (Fsp3) is 0.0769. The van der Waals surface area contributed by atoms with E-state index >= 15 is 0 Å². The number of nitrogens with zero attached hydrogens (tertiary/aromatic N) is 2. The van der Waals surface area contributed by atoms with E-state index in [-0.39, 0.29) is 11.6 Å². The van der Waals surface area contributed by atoms with E-state index in [0.29, 0.717) is 5.03 Å². The second-order valence-electron chi connectivity index (χ2n) is 3.74. The molecule has 0 fully saturated rings. The number of benzene rings is 1. The molecule has 0 aliphatic heterocycles. The lowest BCUT2D eigenvalue weighted by Gasteiger charge is -2.04. The minimum absolute atomic E-state index is 0.288. The molecule has 0 saturated heterocycles. The summed E-state index contributed by atoms with van der Waals surface area (Å²) in [5.74, 6) is -0.939. The van der Waals surface area contributed by atoms with Crippen LogP contribution in [0.2, 0.25) is 0 Å². The van der Waals surface area contributed by atoms with Crippen LogP contribution in [-0.4, -0.2) is 15.9 Å². The molecule has 0 amide bonds. The first-order chi connectivity index (χ1) is 9.56. The van der Waals surface area contributed by atoms with Gasteiger partial charge in [0.1, 0.15) is 5.03 Å². The lowest BCUT2D eigenvalue weighted by Crippen LogP contribution is -2.06. The summed E-state index contributed by atoms with van der Waals surface area (Å²) in [6.45, 7) is 1.17. The Morgan fingerprint density at radius 2 is 1.95 bits per heavy atom. The van der Waals surface area contributed by atoms with Gasteiger partial charge in [-0.25, -0.2) is 4.98 Å². The van der Waals surface area contributed by atoms with Crippen LogP contribution in [0.15, 0.2) is 52.4 Å². The van der Waals surface area contributed by atoms with Crippen molar-refractivity contribution in [3.8, 4) is 5.88 Å².